The highest BCUT2D eigenvalue weighted by Crippen LogP contribution is 2.24. The van der Waals surface area contributed by atoms with Gasteiger partial charge in [0.15, 0.2) is 0 Å². The lowest BCUT2D eigenvalue weighted by Gasteiger charge is -2.18. The van der Waals surface area contributed by atoms with Crippen molar-refractivity contribution in [1.82, 2.24) is 0 Å². The SMILES string of the molecule is CC1CCC1.S=S. The molecule has 0 aliphatic heterocycles. The Bertz CT molecular complexity index is 41.3. The van der Waals surface area contributed by atoms with Crippen LogP contribution in [-0.2, 0) is 22.4 Å². The summed E-state index contributed by atoms with van der Waals surface area (Å²) in [6, 6.07) is 0. The molecule has 0 aromatic heterocycles. The molecule has 1 saturated carbocycles. The minimum atomic E-state index is 1.06. The average molecular weight is 134 g/mol. The molecule has 0 aromatic carbocycles. The van der Waals surface area contributed by atoms with Crippen LogP contribution in [0.5, 0.6) is 0 Å². The molecular formula is C5H10S2. The average Bonchev–Trinajstić information content (AvgIpc) is 1.68. The molecule has 2 heteroatoms. The first-order chi connectivity index (χ1) is 3.39. The van der Waals surface area contributed by atoms with Crippen LogP contribution in [-0.4, -0.2) is 0 Å². The Morgan fingerprint density at radius 2 is 1.57 bits per heavy atom. The first-order valence-corrected chi connectivity index (χ1v) is 3.89. The van der Waals surface area contributed by atoms with Crippen LogP contribution in [0.4, 0.5) is 0 Å². The van der Waals surface area contributed by atoms with E-state index < -0.39 is 0 Å². The fourth-order valence-electron chi connectivity index (χ4n) is 0.612. The largest absolute Gasteiger partial charge is 0.0625 e. The summed E-state index contributed by atoms with van der Waals surface area (Å²) in [5.74, 6) is 1.06. The molecule has 42 valence electrons. The van der Waals surface area contributed by atoms with Crippen LogP contribution in [0, 0.1) is 5.92 Å². The van der Waals surface area contributed by atoms with Gasteiger partial charge < -0.3 is 0 Å². The number of rotatable bonds is 0. The van der Waals surface area contributed by atoms with Crippen molar-refractivity contribution in [2.24, 2.45) is 5.92 Å². The summed E-state index contributed by atoms with van der Waals surface area (Å²) in [6.45, 7) is 2.31. The minimum Gasteiger partial charge on any atom is -0.0625 e. The van der Waals surface area contributed by atoms with E-state index in [9.17, 15) is 0 Å². The van der Waals surface area contributed by atoms with Crippen molar-refractivity contribution >= 4 is 22.4 Å². The summed E-state index contributed by atoms with van der Waals surface area (Å²) in [5, 5.41) is 0. The second-order valence-corrected chi connectivity index (χ2v) is 2.04. The van der Waals surface area contributed by atoms with Crippen LogP contribution in [0.25, 0.3) is 0 Å². The van der Waals surface area contributed by atoms with E-state index in [1.54, 1.807) is 0 Å². The molecule has 0 saturated heterocycles. The maximum absolute atomic E-state index is 3.67. The molecule has 0 radical (unpaired) electrons. The van der Waals surface area contributed by atoms with Crippen molar-refractivity contribution in [3.63, 3.8) is 0 Å². The second kappa shape index (κ2) is 4.60. The number of hydrogen-bond donors (Lipinski definition) is 0. The van der Waals surface area contributed by atoms with E-state index in [1.165, 1.54) is 19.3 Å². The highest BCUT2D eigenvalue weighted by Gasteiger charge is 2.09. The third kappa shape index (κ3) is 3.06. The molecule has 0 bridgehead atoms. The topological polar surface area (TPSA) is 0 Å². The lowest BCUT2D eigenvalue weighted by atomic mass is 9.88. The molecule has 0 heterocycles. The Kier molecular flexibility index (Phi) is 4.88. The molecule has 0 aromatic rings. The zero-order valence-corrected chi connectivity index (χ0v) is 6.15. The Morgan fingerprint density at radius 1 is 1.29 bits per heavy atom. The standard InChI is InChI=1S/C5H10.S2/c1-5-3-2-4-5;1-2/h5H,2-4H2,1H3;. The summed E-state index contributed by atoms with van der Waals surface area (Å²) < 4.78 is 0. The molecule has 0 amide bonds. The van der Waals surface area contributed by atoms with Crippen molar-refractivity contribution < 1.29 is 0 Å². The maximum Gasteiger partial charge on any atom is 0 e. The van der Waals surface area contributed by atoms with Crippen molar-refractivity contribution in [3.8, 4) is 0 Å². The Labute approximate surface area is 55.0 Å². The smallest absolute Gasteiger partial charge is 0 e. The van der Waals surface area contributed by atoms with Crippen molar-refractivity contribution in [3.05, 3.63) is 0 Å². The molecule has 1 rings (SSSR count). The van der Waals surface area contributed by atoms with Gasteiger partial charge in [-0.25, -0.2) is 0 Å². The number of hydrogen-bond acceptors (Lipinski definition) is 2. The van der Waals surface area contributed by atoms with Gasteiger partial charge >= 0.3 is 0 Å². The predicted octanol–water partition coefficient (Wildman–Crippen LogP) is 1.80. The normalized spacial score (nSPS) is 19.0. The summed E-state index contributed by atoms with van der Waals surface area (Å²) in [6.07, 6.45) is 4.46. The van der Waals surface area contributed by atoms with Crippen molar-refractivity contribution in [2.45, 2.75) is 26.2 Å². The fraction of sp³-hybridized carbons (Fsp3) is 1.00. The van der Waals surface area contributed by atoms with Crippen LogP contribution >= 0.6 is 0 Å². The fourth-order valence-corrected chi connectivity index (χ4v) is 0.612. The van der Waals surface area contributed by atoms with E-state index in [4.69, 9.17) is 0 Å². The Morgan fingerprint density at radius 3 is 1.57 bits per heavy atom. The third-order valence-corrected chi connectivity index (χ3v) is 1.39. The first kappa shape index (κ1) is 7.44. The lowest BCUT2D eigenvalue weighted by molar-refractivity contribution is 0.346. The monoisotopic (exact) mass is 134 g/mol. The Balaban J connectivity index is 0.000000162. The van der Waals surface area contributed by atoms with Gasteiger partial charge in [0.25, 0.3) is 0 Å². The van der Waals surface area contributed by atoms with Gasteiger partial charge in [0.1, 0.15) is 0 Å². The van der Waals surface area contributed by atoms with Gasteiger partial charge in [0, 0.05) is 22.4 Å². The third-order valence-electron chi connectivity index (χ3n) is 1.39. The van der Waals surface area contributed by atoms with E-state index in [1.807, 2.05) is 0 Å². The molecule has 7 heavy (non-hydrogen) atoms. The summed E-state index contributed by atoms with van der Waals surface area (Å²) in [5.41, 5.74) is 0. The zero-order valence-electron chi connectivity index (χ0n) is 4.52. The van der Waals surface area contributed by atoms with E-state index in [0.29, 0.717) is 0 Å². The van der Waals surface area contributed by atoms with Gasteiger partial charge in [0.2, 0.25) is 0 Å². The maximum atomic E-state index is 3.67. The van der Waals surface area contributed by atoms with Crippen LogP contribution in [0.2, 0.25) is 0 Å². The quantitative estimate of drug-likeness (QED) is 0.495. The first-order valence-electron chi connectivity index (χ1n) is 2.56. The van der Waals surface area contributed by atoms with Crippen LogP contribution < -0.4 is 0 Å². The molecular weight excluding hydrogens is 124 g/mol. The van der Waals surface area contributed by atoms with E-state index >= 15 is 0 Å². The van der Waals surface area contributed by atoms with Crippen molar-refractivity contribution in [2.75, 3.05) is 0 Å². The van der Waals surface area contributed by atoms with E-state index in [0.717, 1.165) is 5.92 Å². The highest BCUT2D eigenvalue weighted by molar-refractivity contribution is 8.07. The predicted molar refractivity (Wildman–Crippen MR) is 37.7 cm³/mol. The summed E-state index contributed by atoms with van der Waals surface area (Å²) in [7, 11) is 0. The molecule has 0 nitrogen and oxygen atoms in total. The molecule has 1 aliphatic carbocycles. The summed E-state index contributed by atoms with van der Waals surface area (Å²) in [4.78, 5) is 0. The van der Waals surface area contributed by atoms with Gasteiger partial charge in [0.05, 0.1) is 0 Å². The highest BCUT2D eigenvalue weighted by atomic mass is 32.8. The van der Waals surface area contributed by atoms with Crippen LogP contribution in [0.15, 0.2) is 0 Å². The molecule has 0 N–H and O–H groups in total. The van der Waals surface area contributed by atoms with Crippen molar-refractivity contribution in [1.29, 1.82) is 0 Å². The second-order valence-electron chi connectivity index (χ2n) is 2.04. The molecule has 0 atom stereocenters. The lowest BCUT2D eigenvalue weighted by Crippen LogP contribution is -2.04. The van der Waals surface area contributed by atoms with Gasteiger partial charge in [-0.1, -0.05) is 26.2 Å². The molecule has 1 aliphatic rings. The van der Waals surface area contributed by atoms with Gasteiger partial charge in [-0.15, -0.1) is 0 Å². The summed E-state index contributed by atoms with van der Waals surface area (Å²) >= 11 is 7.33. The molecule has 0 spiro atoms. The Hall–Kier alpha value is 0.440. The van der Waals surface area contributed by atoms with E-state index in [-0.39, 0.29) is 0 Å². The van der Waals surface area contributed by atoms with E-state index in [2.05, 4.69) is 29.3 Å². The molecule has 0 unspecified atom stereocenters. The van der Waals surface area contributed by atoms with Crippen LogP contribution in [0.3, 0.4) is 0 Å². The molecule has 1 fully saturated rings. The van der Waals surface area contributed by atoms with Gasteiger partial charge in [-0.3, -0.25) is 0 Å². The zero-order chi connectivity index (χ0) is 5.70. The van der Waals surface area contributed by atoms with Gasteiger partial charge in [-0.05, 0) is 5.92 Å². The van der Waals surface area contributed by atoms with Gasteiger partial charge in [-0.2, -0.15) is 0 Å². The van der Waals surface area contributed by atoms with Crippen LogP contribution in [0.1, 0.15) is 26.2 Å². The minimum absolute atomic E-state index is 1.06.